The largest absolute Gasteiger partial charge is 0.352 e. The summed E-state index contributed by atoms with van der Waals surface area (Å²) < 4.78 is 0. The summed E-state index contributed by atoms with van der Waals surface area (Å²) in [7, 11) is 0. The molecule has 3 aromatic rings. The number of hydrogen-bond acceptors (Lipinski definition) is 3. The summed E-state index contributed by atoms with van der Waals surface area (Å²) in [5.74, 6) is 0. The zero-order valence-electron chi connectivity index (χ0n) is 12.7. The lowest BCUT2D eigenvalue weighted by atomic mass is 10.1. The van der Waals surface area contributed by atoms with Gasteiger partial charge in [-0.05, 0) is 36.4 Å². The average Bonchev–Trinajstić information content (AvgIpc) is 2.65. The Bertz CT molecular complexity index is 979. The van der Waals surface area contributed by atoms with Gasteiger partial charge in [0.1, 0.15) is 0 Å². The molecular formula is C20H12N4. The molecule has 0 bridgehead atoms. The number of para-hydroxylation sites is 4. The average molecular weight is 308 g/mol. The van der Waals surface area contributed by atoms with Crippen LogP contribution in [-0.4, -0.2) is 0 Å². The van der Waals surface area contributed by atoms with Crippen molar-refractivity contribution in [2.75, 3.05) is 10.2 Å². The molecule has 4 rings (SSSR count). The van der Waals surface area contributed by atoms with Gasteiger partial charge in [-0.1, -0.05) is 30.3 Å². The molecule has 0 amide bonds. The maximum atomic E-state index is 9.57. The van der Waals surface area contributed by atoms with E-state index in [4.69, 9.17) is 6.57 Å². The number of nitriles is 1. The summed E-state index contributed by atoms with van der Waals surface area (Å²) in [6, 6.07) is 23.4. The Hall–Kier alpha value is -3.76. The van der Waals surface area contributed by atoms with Crippen LogP contribution in [0.5, 0.6) is 0 Å². The zero-order chi connectivity index (χ0) is 16.5. The number of rotatable bonds is 1. The van der Waals surface area contributed by atoms with E-state index in [1.807, 2.05) is 54.6 Å². The van der Waals surface area contributed by atoms with Gasteiger partial charge in [0.05, 0.1) is 46.6 Å². The predicted octanol–water partition coefficient (Wildman–Crippen LogP) is 5.64. The molecule has 24 heavy (non-hydrogen) atoms. The molecule has 3 aromatic carbocycles. The van der Waals surface area contributed by atoms with Crippen LogP contribution in [-0.2, 0) is 0 Å². The Morgan fingerprint density at radius 1 is 0.875 bits per heavy atom. The third kappa shape index (κ3) is 2.06. The van der Waals surface area contributed by atoms with Gasteiger partial charge in [0.25, 0.3) is 0 Å². The van der Waals surface area contributed by atoms with E-state index >= 15 is 0 Å². The van der Waals surface area contributed by atoms with Crippen LogP contribution < -0.4 is 10.2 Å². The summed E-state index contributed by atoms with van der Waals surface area (Å²) >= 11 is 0. The molecule has 1 aliphatic rings. The molecule has 112 valence electrons. The van der Waals surface area contributed by atoms with Crippen LogP contribution in [0.2, 0.25) is 0 Å². The van der Waals surface area contributed by atoms with Crippen molar-refractivity contribution in [2.45, 2.75) is 0 Å². The van der Waals surface area contributed by atoms with Crippen LogP contribution in [0.15, 0.2) is 66.7 Å². The first-order valence-corrected chi connectivity index (χ1v) is 7.48. The molecule has 0 saturated heterocycles. The lowest BCUT2D eigenvalue weighted by Crippen LogP contribution is -2.18. The first kappa shape index (κ1) is 13.9. The third-order valence-electron chi connectivity index (χ3n) is 4.03. The van der Waals surface area contributed by atoms with E-state index in [-0.39, 0.29) is 0 Å². The third-order valence-corrected chi connectivity index (χ3v) is 4.03. The van der Waals surface area contributed by atoms with Gasteiger partial charge in [-0.15, -0.1) is 0 Å². The second kappa shape index (κ2) is 5.46. The second-order valence-electron chi connectivity index (χ2n) is 5.42. The van der Waals surface area contributed by atoms with Crippen LogP contribution in [0.3, 0.4) is 0 Å². The fourth-order valence-electron chi connectivity index (χ4n) is 2.96. The van der Waals surface area contributed by atoms with Crippen LogP contribution >= 0.6 is 0 Å². The van der Waals surface area contributed by atoms with Gasteiger partial charge in [-0.25, -0.2) is 4.85 Å². The van der Waals surface area contributed by atoms with Gasteiger partial charge in [-0.2, -0.15) is 5.26 Å². The molecule has 0 unspecified atom stereocenters. The monoisotopic (exact) mass is 308 g/mol. The van der Waals surface area contributed by atoms with E-state index in [9.17, 15) is 5.26 Å². The smallest absolute Gasteiger partial charge is 0.188 e. The summed E-state index contributed by atoms with van der Waals surface area (Å²) in [5.41, 5.74) is 5.63. The van der Waals surface area contributed by atoms with Crippen LogP contribution in [0, 0.1) is 17.9 Å². The van der Waals surface area contributed by atoms with E-state index in [0.717, 1.165) is 28.4 Å². The van der Waals surface area contributed by atoms with Crippen molar-refractivity contribution in [2.24, 2.45) is 0 Å². The molecule has 1 N–H and O–H groups in total. The summed E-state index contributed by atoms with van der Waals surface area (Å²) in [4.78, 5) is 5.49. The molecule has 0 spiro atoms. The van der Waals surface area contributed by atoms with E-state index < -0.39 is 0 Å². The molecular weight excluding hydrogens is 296 g/mol. The van der Waals surface area contributed by atoms with Crippen molar-refractivity contribution in [3.05, 3.63) is 83.7 Å². The number of nitrogens with one attached hydrogen (secondary N) is 1. The van der Waals surface area contributed by atoms with Crippen molar-refractivity contribution in [1.29, 1.82) is 5.26 Å². The fourth-order valence-corrected chi connectivity index (χ4v) is 2.96. The van der Waals surface area contributed by atoms with Gasteiger partial charge >= 0.3 is 0 Å². The normalized spacial score (nSPS) is 11.5. The highest BCUT2D eigenvalue weighted by Crippen LogP contribution is 2.48. The minimum Gasteiger partial charge on any atom is -0.352 e. The van der Waals surface area contributed by atoms with Crippen molar-refractivity contribution in [3.8, 4) is 6.07 Å². The zero-order valence-corrected chi connectivity index (χ0v) is 12.7. The standard InChI is InChI=1S/C20H12N4/c1-22-15-10-11-18(14(12-15)13-21)24-19-8-4-2-6-16(19)23-17-7-3-5-9-20(17)24/h2-12,23H. The quantitative estimate of drug-likeness (QED) is 0.463. The summed E-state index contributed by atoms with van der Waals surface area (Å²) in [5, 5.41) is 13.0. The molecule has 1 heterocycles. The summed E-state index contributed by atoms with van der Waals surface area (Å²) in [6.45, 7) is 7.16. The Morgan fingerprint density at radius 3 is 2.08 bits per heavy atom. The molecule has 0 radical (unpaired) electrons. The van der Waals surface area contributed by atoms with Crippen LogP contribution in [0.1, 0.15) is 5.56 Å². The highest BCUT2D eigenvalue weighted by molar-refractivity contribution is 5.97. The number of hydrogen-bond donors (Lipinski definition) is 1. The Kier molecular flexibility index (Phi) is 3.16. The molecule has 1 aliphatic heterocycles. The molecule has 0 aromatic heterocycles. The van der Waals surface area contributed by atoms with Crippen molar-refractivity contribution >= 4 is 34.1 Å². The van der Waals surface area contributed by atoms with Crippen LogP contribution in [0.4, 0.5) is 34.1 Å². The predicted molar refractivity (Wildman–Crippen MR) is 95.4 cm³/mol. The molecule has 0 aliphatic carbocycles. The van der Waals surface area contributed by atoms with Gasteiger partial charge in [0, 0.05) is 0 Å². The number of fused-ring (bicyclic) bond motifs is 2. The number of anilines is 5. The highest BCUT2D eigenvalue weighted by Gasteiger charge is 2.25. The lowest BCUT2D eigenvalue weighted by Gasteiger charge is -2.34. The number of benzene rings is 3. The van der Waals surface area contributed by atoms with E-state index in [2.05, 4.69) is 21.1 Å². The maximum Gasteiger partial charge on any atom is 0.188 e. The SMILES string of the molecule is [C-]#[N+]c1ccc(N2c3ccccc3Nc3ccccc32)c(C#N)c1. The minimum absolute atomic E-state index is 0.465. The van der Waals surface area contributed by atoms with Crippen molar-refractivity contribution < 1.29 is 0 Å². The van der Waals surface area contributed by atoms with E-state index in [1.165, 1.54) is 0 Å². The topological polar surface area (TPSA) is 43.4 Å². The molecule has 4 nitrogen and oxygen atoms in total. The maximum absolute atomic E-state index is 9.57. The van der Waals surface area contributed by atoms with Gasteiger partial charge in [-0.3, -0.25) is 0 Å². The van der Waals surface area contributed by atoms with Gasteiger partial charge < -0.3 is 10.2 Å². The first-order chi connectivity index (χ1) is 11.8. The first-order valence-electron chi connectivity index (χ1n) is 7.48. The Labute approximate surface area is 140 Å². The van der Waals surface area contributed by atoms with Crippen molar-refractivity contribution in [3.63, 3.8) is 0 Å². The van der Waals surface area contributed by atoms with E-state index in [1.54, 1.807) is 12.1 Å². The van der Waals surface area contributed by atoms with E-state index in [0.29, 0.717) is 11.3 Å². The van der Waals surface area contributed by atoms with Gasteiger partial charge in [0.15, 0.2) is 5.69 Å². The number of nitrogens with zero attached hydrogens (tertiary/aromatic N) is 3. The molecule has 0 atom stereocenters. The molecule has 0 saturated carbocycles. The van der Waals surface area contributed by atoms with Gasteiger partial charge in [0.2, 0.25) is 0 Å². The summed E-state index contributed by atoms with van der Waals surface area (Å²) in [6.07, 6.45) is 0. The van der Waals surface area contributed by atoms with Crippen molar-refractivity contribution in [1.82, 2.24) is 0 Å². The lowest BCUT2D eigenvalue weighted by molar-refractivity contribution is 1.24. The Balaban J connectivity index is 2.00. The minimum atomic E-state index is 0.465. The fraction of sp³-hybridized carbons (Fsp3) is 0. The Morgan fingerprint density at radius 2 is 1.50 bits per heavy atom. The molecule has 4 heteroatoms. The van der Waals surface area contributed by atoms with Crippen LogP contribution in [0.25, 0.3) is 4.85 Å². The highest BCUT2D eigenvalue weighted by atomic mass is 15.2. The molecule has 0 fully saturated rings. The second-order valence-corrected chi connectivity index (χ2v) is 5.42.